The van der Waals surface area contributed by atoms with Crippen LogP contribution in [0.1, 0.15) is 28.8 Å². The smallest absolute Gasteiger partial charge is 0.258 e. The second-order valence-electron chi connectivity index (χ2n) is 10.9. The standard InChI is InChI=1S/C30H39N5O6/c1-33-11-3-12-34(15-14-33)19-29(37)35-13-10-25-24(18-35)32-30(38)22-6-9-26(39-2)27(16-22)40-20-28(36)31-17-21-4-7-23(41-25)8-5-21/h4-9,16,24-25H,3,10-15,17-20H2,1-2H3,(H,31,36)(H,32,38)/t24-,25+/m0/s1. The van der Waals surface area contributed by atoms with Crippen molar-refractivity contribution in [2.45, 2.75) is 31.5 Å². The van der Waals surface area contributed by atoms with E-state index in [-0.39, 0.29) is 30.4 Å². The van der Waals surface area contributed by atoms with Gasteiger partial charge in [0.2, 0.25) is 5.91 Å². The van der Waals surface area contributed by atoms with Crippen LogP contribution in [0.2, 0.25) is 0 Å². The van der Waals surface area contributed by atoms with E-state index in [1.807, 2.05) is 29.2 Å². The highest BCUT2D eigenvalue weighted by atomic mass is 16.5. The fourth-order valence-electron chi connectivity index (χ4n) is 5.42. The van der Waals surface area contributed by atoms with Gasteiger partial charge in [-0.25, -0.2) is 0 Å². The number of carbonyl (C=O) groups is 3. The van der Waals surface area contributed by atoms with Gasteiger partial charge in [0.1, 0.15) is 11.9 Å². The molecule has 2 atom stereocenters. The Morgan fingerprint density at radius 1 is 1.05 bits per heavy atom. The summed E-state index contributed by atoms with van der Waals surface area (Å²) < 4.78 is 17.5. The quantitative estimate of drug-likeness (QED) is 0.570. The summed E-state index contributed by atoms with van der Waals surface area (Å²) in [5.41, 5.74) is 1.27. The van der Waals surface area contributed by atoms with E-state index in [2.05, 4.69) is 27.5 Å². The van der Waals surface area contributed by atoms with Crippen molar-refractivity contribution in [2.24, 2.45) is 0 Å². The van der Waals surface area contributed by atoms with E-state index < -0.39 is 6.04 Å². The summed E-state index contributed by atoms with van der Waals surface area (Å²) in [7, 11) is 3.61. The van der Waals surface area contributed by atoms with E-state index in [1.165, 1.54) is 7.11 Å². The van der Waals surface area contributed by atoms with Crippen molar-refractivity contribution in [2.75, 3.05) is 66.6 Å². The first-order chi connectivity index (χ1) is 19.9. The van der Waals surface area contributed by atoms with E-state index in [0.717, 1.165) is 38.2 Å². The molecule has 2 saturated heterocycles. The van der Waals surface area contributed by atoms with E-state index in [0.29, 0.717) is 55.4 Å². The molecular formula is C30H39N5O6. The molecule has 0 aromatic heterocycles. The van der Waals surface area contributed by atoms with Crippen molar-refractivity contribution in [3.05, 3.63) is 53.6 Å². The molecule has 4 aliphatic rings. The van der Waals surface area contributed by atoms with Gasteiger partial charge in [0.15, 0.2) is 18.1 Å². The molecule has 0 spiro atoms. The number of ether oxygens (including phenoxy) is 3. The number of methoxy groups -OCH3 is 1. The first-order valence-electron chi connectivity index (χ1n) is 14.2. The van der Waals surface area contributed by atoms with Crippen LogP contribution in [0, 0.1) is 0 Å². The minimum atomic E-state index is -0.430. The average molecular weight is 566 g/mol. The fourth-order valence-corrected chi connectivity index (χ4v) is 5.42. The molecule has 0 saturated carbocycles. The monoisotopic (exact) mass is 565 g/mol. The number of nitrogens with zero attached hydrogens (tertiary/aromatic N) is 3. The number of amides is 3. The van der Waals surface area contributed by atoms with Gasteiger partial charge in [0.05, 0.1) is 19.7 Å². The SMILES string of the molecule is COc1ccc2cc1OCC(=O)NCc1ccc(cc1)O[C@@H]1CCN(C(=O)CN3CCCN(C)CC3)C[C@@H]1NC2=O. The number of rotatable bonds is 3. The molecule has 3 amide bonds. The van der Waals surface area contributed by atoms with Crippen LogP contribution in [-0.4, -0.2) is 111 Å². The van der Waals surface area contributed by atoms with Crippen LogP contribution in [0.5, 0.6) is 17.2 Å². The highest BCUT2D eigenvalue weighted by Crippen LogP contribution is 2.29. The van der Waals surface area contributed by atoms with Gasteiger partial charge in [0, 0.05) is 44.7 Å². The molecule has 4 heterocycles. The molecule has 11 nitrogen and oxygen atoms in total. The third kappa shape index (κ3) is 7.47. The number of fused-ring (bicyclic) bond motifs is 7. The lowest BCUT2D eigenvalue weighted by molar-refractivity contribution is -0.135. The molecule has 0 radical (unpaired) electrons. The number of piperidine rings is 1. The third-order valence-corrected chi connectivity index (χ3v) is 7.87. The molecule has 0 aliphatic carbocycles. The topological polar surface area (TPSA) is 113 Å². The van der Waals surface area contributed by atoms with Crippen LogP contribution in [0.3, 0.4) is 0 Å². The highest BCUT2D eigenvalue weighted by Gasteiger charge is 2.35. The van der Waals surface area contributed by atoms with Crippen LogP contribution in [0.4, 0.5) is 0 Å². The minimum absolute atomic E-state index is 0.0623. The van der Waals surface area contributed by atoms with Crippen LogP contribution in [-0.2, 0) is 16.1 Å². The summed E-state index contributed by atoms with van der Waals surface area (Å²) in [6.07, 6.45) is 1.29. The number of hydrogen-bond acceptors (Lipinski definition) is 8. The Morgan fingerprint density at radius 3 is 2.68 bits per heavy atom. The number of benzene rings is 2. The number of hydrogen-bond donors (Lipinski definition) is 2. The Morgan fingerprint density at radius 2 is 1.88 bits per heavy atom. The fraction of sp³-hybridized carbons (Fsp3) is 0.500. The molecule has 2 fully saturated rings. The lowest BCUT2D eigenvalue weighted by atomic mass is 10.0. The van der Waals surface area contributed by atoms with Gasteiger partial charge in [-0.3, -0.25) is 19.3 Å². The van der Waals surface area contributed by atoms with Gasteiger partial charge < -0.3 is 34.6 Å². The molecule has 2 N–H and O–H groups in total. The lowest BCUT2D eigenvalue weighted by Crippen LogP contribution is -2.59. The zero-order valence-corrected chi connectivity index (χ0v) is 23.8. The van der Waals surface area contributed by atoms with Gasteiger partial charge in [0.25, 0.3) is 11.8 Å². The number of carbonyl (C=O) groups excluding carboxylic acids is 3. The highest BCUT2D eigenvalue weighted by molar-refractivity contribution is 5.95. The first kappa shape index (κ1) is 28.7. The van der Waals surface area contributed by atoms with Crippen LogP contribution in [0.25, 0.3) is 0 Å². The molecule has 220 valence electrons. The number of nitrogens with one attached hydrogen (secondary N) is 2. The molecule has 4 bridgehead atoms. The normalized spacial score (nSPS) is 22.7. The maximum atomic E-state index is 13.5. The predicted octanol–water partition coefficient (Wildman–Crippen LogP) is 1.12. The summed E-state index contributed by atoms with van der Waals surface area (Å²) in [6.45, 7) is 5.12. The zero-order chi connectivity index (χ0) is 28.8. The van der Waals surface area contributed by atoms with Crippen LogP contribution >= 0.6 is 0 Å². The van der Waals surface area contributed by atoms with Gasteiger partial charge in [-0.2, -0.15) is 0 Å². The van der Waals surface area contributed by atoms with Gasteiger partial charge in [-0.15, -0.1) is 0 Å². The molecule has 0 unspecified atom stereocenters. The lowest BCUT2D eigenvalue weighted by Gasteiger charge is -2.39. The second-order valence-corrected chi connectivity index (χ2v) is 10.9. The maximum Gasteiger partial charge on any atom is 0.258 e. The summed E-state index contributed by atoms with van der Waals surface area (Å²) >= 11 is 0. The first-order valence-corrected chi connectivity index (χ1v) is 14.2. The van der Waals surface area contributed by atoms with Crippen LogP contribution < -0.4 is 24.8 Å². The largest absolute Gasteiger partial charge is 0.493 e. The summed E-state index contributed by atoms with van der Waals surface area (Å²) in [5, 5.41) is 5.94. The summed E-state index contributed by atoms with van der Waals surface area (Å²) in [4.78, 5) is 45.6. The minimum Gasteiger partial charge on any atom is -0.493 e. The van der Waals surface area contributed by atoms with Gasteiger partial charge in [-0.1, -0.05) is 12.1 Å². The van der Waals surface area contributed by atoms with Crippen molar-refractivity contribution in [3.8, 4) is 17.2 Å². The van der Waals surface area contributed by atoms with Crippen LogP contribution in [0.15, 0.2) is 42.5 Å². The van der Waals surface area contributed by atoms with E-state index in [1.54, 1.807) is 18.2 Å². The third-order valence-electron chi connectivity index (χ3n) is 7.87. The molecule has 11 heteroatoms. The van der Waals surface area contributed by atoms with Crippen molar-refractivity contribution in [1.29, 1.82) is 0 Å². The summed E-state index contributed by atoms with van der Waals surface area (Å²) in [5.74, 6) is 0.807. The average Bonchev–Trinajstić information content (AvgIpc) is 3.19. The zero-order valence-electron chi connectivity index (χ0n) is 23.8. The van der Waals surface area contributed by atoms with E-state index in [9.17, 15) is 14.4 Å². The van der Waals surface area contributed by atoms with E-state index in [4.69, 9.17) is 14.2 Å². The summed E-state index contributed by atoms with van der Waals surface area (Å²) in [6, 6.07) is 11.9. The van der Waals surface area contributed by atoms with Crippen molar-refractivity contribution in [3.63, 3.8) is 0 Å². The number of likely N-dealkylation sites (tertiary alicyclic amines) is 1. The second kappa shape index (κ2) is 13.2. The molecule has 4 aliphatic heterocycles. The molecule has 2 aromatic rings. The van der Waals surface area contributed by atoms with Crippen molar-refractivity contribution in [1.82, 2.24) is 25.3 Å². The Hall–Kier alpha value is -3.83. The van der Waals surface area contributed by atoms with Gasteiger partial charge >= 0.3 is 0 Å². The maximum absolute atomic E-state index is 13.5. The Labute approximate surface area is 240 Å². The molecule has 2 aromatic carbocycles. The van der Waals surface area contributed by atoms with E-state index >= 15 is 0 Å². The Balaban J connectivity index is 1.36. The Bertz CT molecular complexity index is 1240. The predicted molar refractivity (Wildman–Crippen MR) is 152 cm³/mol. The van der Waals surface area contributed by atoms with Crippen molar-refractivity contribution >= 4 is 17.7 Å². The van der Waals surface area contributed by atoms with Gasteiger partial charge in [-0.05, 0) is 62.5 Å². The molecule has 41 heavy (non-hydrogen) atoms. The van der Waals surface area contributed by atoms with Crippen molar-refractivity contribution < 1.29 is 28.6 Å². The number of likely N-dealkylation sites (N-methyl/N-ethyl adjacent to an activating group) is 1. The Kier molecular flexibility index (Phi) is 9.25. The molecule has 6 rings (SSSR count). The molecular weight excluding hydrogens is 526 g/mol.